The summed E-state index contributed by atoms with van der Waals surface area (Å²) in [5, 5.41) is 12.3. The molecule has 0 fully saturated rings. The van der Waals surface area contributed by atoms with E-state index in [2.05, 4.69) is 19.2 Å². The lowest BCUT2D eigenvalue weighted by atomic mass is 9.85. The summed E-state index contributed by atoms with van der Waals surface area (Å²) in [6.45, 7) is 4.93. The number of carbonyl (C=O) groups excluding carboxylic acids is 1. The number of amides is 1. The van der Waals surface area contributed by atoms with Crippen LogP contribution >= 0.6 is 23.2 Å². The van der Waals surface area contributed by atoms with E-state index in [9.17, 15) is 14.7 Å². The topological polar surface area (TPSA) is 84.9 Å². The second-order valence-corrected chi connectivity index (χ2v) is 8.67. The number of carbonyl (C=O) groups is 2. The maximum absolute atomic E-state index is 12.5. The van der Waals surface area contributed by atoms with Gasteiger partial charge in [0.1, 0.15) is 12.8 Å². The monoisotopic (exact) mass is 479 g/mol. The van der Waals surface area contributed by atoms with Gasteiger partial charge >= 0.3 is 5.97 Å². The normalized spacial score (nSPS) is 12.7. The highest BCUT2D eigenvalue weighted by molar-refractivity contribution is 6.39. The number of carboxylic acids is 1. The molecule has 2 rings (SSSR count). The summed E-state index contributed by atoms with van der Waals surface area (Å²) >= 11 is 12.1. The zero-order valence-electron chi connectivity index (χ0n) is 18.2. The fourth-order valence-corrected chi connectivity index (χ4v) is 3.58. The van der Waals surface area contributed by atoms with Crippen molar-refractivity contribution < 1.29 is 24.2 Å². The zero-order valence-corrected chi connectivity index (χ0v) is 19.7. The quantitative estimate of drug-likeness (QED) is 0.342. The van der Waals surface area contributed by atoms with Gasteiger partial charge in [0.05, 0.1) is 22.2 Å². The third kappa shape index (κ3) is 7.35. The van der Waals surface area contributed by atoms with E-state index in [-0.39, 0.29) is 34.2 Å². The first-order chi connectivity index (χ1) is 15.2. The Morgan fingerprint density at radius 1 is 1.12 bits per heavy atom. The maximum atomic E-state index is 12.5. The molecule has 0 spiro atoms. The number of hydrogen-bond acceptors (Lipinski definition) is 4. The maximum Gasteiger partial charge on any atom is 0.326 e. The highest BCUT2D eigenvalue weighted by atomic mass is 35.5. The van der Waals surface area contributed by atoms with Gasteiger partial charge in [-0.3, -0.25) is 4.79 Å². The molecule has 0 heterocycles. The summed E-state index contributed by atoms with van der Waals surface area (Å²) < 4.78 is 10.4. The molecule has 8 heteroatoms. The largest absolute Gasteiger partial charge is 0.480 e. The molecule has 0 radical (unpaired) electrons. The fourth-order valence-electron chi connectivity index (χ4n) is 3.02. The summed E-state index contributed by atoms with van der Waals surface area (Å²) in [5.41, 5.74) is 1.89. The van der Waals surface area contributed by atoms with Gasteiger partial charge in [-0.25, -0.2) is 4.79 Å². The Kier molecular flexibility index (Phi) is 9.72. The number of hydrogen-bond donors (Lipinski definition) is 2. The number of halogens is 2. The molecule has 2 N–H and O–H groups in total. The predicted molar refractivity (Wildman–Crippen MR) is 126 cm³/mol. The van der Waals surface area contributed by atoms with Crippen molar-refractivity contribution in [3.8, 4) is 0 Å². The summed E-state index contributed by atoms with van der Waals surface area (Å²) in [7, 11) is 1.58. The van der Waals surface area contributed by atoms with Gasteiger partial charge in [0.25, 0.3) is 5.91 Å². The van der Waals surface area contributed by atoms with Crippen LogP contribution in [0.5, 0.6) is 0 Å². The van der Waals surface area contributed by atoms with Crippen LogP contribution in [0.4, 0.5) is 0 Å². The second-order valence-electron chi connectivity index (χ2n) is 7.86. The molecule has 0 saturated carbocycles. The molecular formula is C24H27Cl2NO5. The SMILES string of the molecule is COCOCC(C)(C)c1ccc(/C=C/CC(NC(=O)c2c(Cl)cccc2Cl)C(=O)O)cc1. The van der Waals surface area contributed by atoms with E-state index in [0.717, 1.165) is 11.1 Å². The zero-order chi connectivity index (χ0) is 23.7. The van der Waals surface area contributed by atoms with Gasteiger partial charge in [0.15, 0.2) is 0 Å². The molecule has 0 aliphatic heterocycles. The minimum absolute atomic E-state index is 0.0544. The summed E-state index contributed by atoms with van der Waals surface area (Å²) in [5.74, 6) is -1.79. The van der Waals surface area contributed by atoms with Crippen molar-refractivity contribution in [3.05, 3.63) is 75.3 Å². The molecule has 6 nitrogen and oxygen atoms in total. The van der Waals surface area contributed by atoms with E-state index < -0.39 is 17.9 Å². The van der Waals surface area contributed by atoms with Gasteiger partial charge in [0, 0.05) is 12.5 Å². The smallest absolute Gasteiger partial charge is 0.326 e. The van der Waals surface area contributed by atoms with Crippen LogP contribution in [0.2, 0.25) is 10.0 Å². The van der Waals surface area contributed by atoms with Crippen molar-refractivity contribution >= 4 is 41.2 Å². The van der Waals surface area contributed by atoms with Crippen LogP contribution in [-0.4, -0.2) is 43.5 Å². The van der Waals surface area contributed by atoms with Crippen LogP contribution in [-0.2, 0) is 19.7 Å². The molecule has 2 aromatic carbocycles. The number of ether oxygens (including phenoxy) is 2. The standard InChI is InChI=1S/C24H27Cl2NO5/c1-24(2,14-32-15-31-3)17-12-10-16(11-13-17)6-4-9-20(23(29)30)27-22(28)21-18(25)7-5-8-19(21)26/h4-8,10-13,20H,9,14-15H2,1-3H3,(H,27,28)(H,29,30)/b6-4+. The van der Waals surface area contributed by atoms with Crippen LogP contribution in [0.25, 0.3) is 6.08 Å². The van der Waals surface area contributed by atoms with Crippen molar-refractivity contribution in [2.45, 2.75) is 31.7 Å². The Bertz CT molecular complexity index is 937. The number of nitrogens with one attached hydrogen (secondary N) is 1. The molecule has 32 heavy (non-hydrogen) atoms. The number of methoxy groups -OCH3 is 1. The fraction of sp³-hybridized carbons (Fsp3) is 0.333. The van der Waals surface area contributed by atoms with Crippen molar-refractivity contribution in [2.24, 2.45) is 0 Å². The van der Waals surface area contributed by atoms with E-state index in [0.29, 0.717) is 6.61 Å². The first-order valence-corrected chi connectivity index (χ1v) is 10.7. The Labute approximate surface area is 198 Å². The molecule has 172 valence electrons. The number of aliphatic carboxylic acids is 1. The molecule has 1 amide bonds. The van der Waals surface area contributed by atoms with Gasteiger partial charge in [-0.15, -0.1) is 0 Å². The van der Waals surface area contributed by atoms with Crippen molar-refractivity contribution in [3.63, 3.8) is 0 Å². The van der Waals surface area contributed by atoms with Gasteiger partial charge in [0.2, 0.25) is 0 Å². The van der Waals surface area contributed by atoms with Gasteiger partial charge in [-0.1, -0.05) is 79.5 Å². The van der Waals surface area contributed by atoms with Crippen LogP contribution in [0.15, 0.2) is 48.5 Å². The van der Waals surface area contributed by atoms with Gasteiger partial charge in [-0.05, 0) is 29.7 Å². The average Bonchev–Trinajstić information content (AvgIpc) is 2.73. The highest BCUT2D eigenvalue weighted by Crippen LogP contribution is 2.25. The minimum Gasteiger partial charge on any atom is -0.480 e. The molecule has 0 bridgehead atoms. The van der Waals surface area contributed by atoms with Crippen LogP contribution in [0.3, 0.4) is 0 Å². The molecule has 2 aromatic rings. The molecule has 0 aliphatic rings. The van der Waals surface area contributed by atoms with Crippen LogP contribution in [0.1, 0.15) is 41.8 Å². The van der Waals surface area contributed by atoms with E-state index in [1.165, 1.54) is 12.1 Å². The Morgan fingerprint density at radius 2 is 1.75 bits per heavy atom. The summed E-state index contributed by atoms with van der Waals surface area (Å²) in [6, 6.07) is 11.4. The molecule has 1 unspecified atom stereocenters. The highest BCUT2D eigenvalue weighted by Gasteiger charge is 2.23. The van der Waals surface area contributed by atoms with Gasteiger partial charge in [-0.2, -0.15) is 0 Å². The number of benzene rings is 2. The van der Waals surface area contributed by atoms with E-state index >= 15 is 0 Å². The minimum atomic E-state index is -1.15. The van der Waals surface area contributed by atoms with Crippen LogP contribution < -0.4 is 5.32 Å². The lowest BCUT2D eigenvalue weighted by Crippen LogP contribution is -2.40. The summed E-state index contributed by atoms with van der Waals surface area (Å²) in [4.78, 5) is 24.1. The van der Waals surface area contributed by atoms with Crippen molar-refractivity contribution in [2.75, 3.05) is 20.5 Å². The summed E-state index contributed by atoms with van der Waals surface area (Å²) in [6.07, 6.45) is 3.61. The average molecular weight is 480 g/mol. The first kappa shape index (κ1) is 25.9. The molecular weight excluding hydrogens is 453 g/mol. The predicted octanol–water partition coefficient (Wildman–Crippen LogP) is 5.18. The molecule has 0 aromatic heterocycles. The Hall–Kier alpha value is -2.38. The number of carboxylic acid groups (broad SMARTS) is 1. The van der Waals surface area contributed by atoms with Crippen molar-refractivity contribution in [1.82, 2.24) is 5.32 Å². The van der Waals surface area contributed by atoms with Gasteiger partial charge < -0.3 is 19.9 Å². The third-order valence-electron chi connectivity index (χ3n) is 4.83. The van der Waals surface area contributed by atoms with Crippen LogP contribution in [0, 0.1) is 0 Å². The van der Waals surface area contributed by atoms with E-state index in [4.69, 9.17) is 32.7 Å². The Morgan fingerprint density at radius 3 is 2.31 bits per heavy atom. The third-order valence-corrected chi connectivity index (χ3v) is 5.46. The lowest BCUT2D eigenvalue weighted by Gasteiger charge is -2.25. The first-order valence-electron chi connectivity index (χ1n) is 9.97. The van der Waals surface area contributed by atoms with E-state index in [1.807, 2.05) is 30.3 Å². The Balaban J connectivity index is 2.01. The number of rotatable bonds is 11. The molecule has 0 saturated heterocycles. The van der Waals surface area contributed by atoms with E-state index in [1.54, 1.807) is 19.3 Å². The molecule has 1 atom stereocenters. The second kappa shape index (κ2) is 12.0. The van der Waals surface area contributed by atoms with Crippen molar-refractivity contribution in [1.29, 1.82) is 0 Å². The molecule has 0 aliphatic carbocycles. The lowest BCUT2D eigenvalue weighted by molar-refractivity contribution is -0.139.